The smallest absolute Gasteiger partial charge is 0.349 e. The molecule has 5 heteroatoms. The molecule has 0 atom stereocenters. The van der Waals surface area contributed by atoms with Crippen LogP contribution in [0.3, 0.4) is 0 Å². The third-order valence-corrected chi connectivity index (χ3v) is 2.26. The van der Waals surface area contributed by atoms with Crippen molar-refractivity contribution in [1.82, 2.24) is 0 Å². The quantitative estimate of drug-likeness (QED) is 0.392. The summed E-state index contributed by atoms with van der Waals surface area (Å²) in [6.45, 7) is 3.43. The van der Waals surface area contributed by atoms with Gasteiger partial charge in [-0.1, -0.05) is 30.3 Å². The van der Waals surface area contributed by atoms with E-state index >= 15 is 0 Å². The summed E-state index contributed by atoms with van der Waals surface area (Å²) in [6, 6.07) is 6.08. The largest absolute Gasteiger partial charge is 0.506 e. The first kappa shape index (κ1) is 13.8. The number of hydrogen-bond acceptors (Lipinski definition) is 4. The Kier molecular flexibility index (Phi) is 4.97. The highest BCUT2D eigenvalue weighted by Crippen LogP contribution is 2.24. The van der Waals surface area contributed by atoms with Gasteiger partial charge in [-0.25, -0.2) is 4.79 Å². The second-order valence-corrected chi connectivity index (χ2v) is 3.68. The first-order valence-corrected chi connectivity index (χ1v) is 5.34. The lowest BCUT2D eigenvalue weighted by atomic mass is 10.1. The molecule has 0 aliphatic rings. The molecule has 0 heterocycles. The Hall–Kier alpha value is -2.25. The van der Waals surface area contributed by atoms with E-state index in [9.17, 15) is 9.90 Å². The lowest BCUT2D eigenvalue weighted by molar-refractivity contribution is -0.137. The Morgan fingerprint density at radius 3 is 2.89 bits per heavy atom. The van der Waals surface area contributed by atoms with Crippen LogP contribution in [0.4, 0.5) is 0 Å². The second kappa shape index (κ2) is 6.48. The average Bonchev–Trinajstić information content (AvgIpc) is 2.37. The number of nitrogens with zero attached hydrogens (tertiary/aromatic N) is 1. The molecule has 0 saturated carbocycles. The van der Waals surface area contributed by atoms with Crippen LogP contribution in [-0.2, 0) is 9.53 Å². The number of hydrogen-bond donors (Lipinski definition) is 1. The summed E-state index contributed by atoms with van der Waals surface area (Å²) in [7, 11) is 0. The molecule has 92 valence electrons. The molecular formula is C13H10ClNO3. The topological polar surface area (TPSA) is 70.3 Å². The molecule has 18 heavy (non-hydrogen) atoms. The van der Waals surface area contributed by atoms with Crippen molar-refractivity contribution in [2.75, 3.05) is 6.61 Å². The van der Waals surface area contributed by atoms with Crippen LogP contribution in [0.25, 0.3) is 6.08 Å². The van der Waals surface area contributed by atoms with Gasteiger partial charge in [0, 0.05) is 0 Å². The summed E-state index contributed by atoms with van der Waals surface area (Å²) in [5.74, 6) is -0.803. The molecule has 0 unspecified atom stereocenters. The highest BCUT2D eigenvalue weighted by atomic mass is 35.5. The Morgan fingerprint density at radius 1 is 1.61 bits per heavy atom. The minimum Gasteiger partial charge on any atom is -0.506 e. The molecule has 0 aromatic heterocycles. The van der Waals surface area contributed by atoms with Crippen molar-refractivity contribution in [2.45, 2.75) is 0 Å². The van der Waals surface area contributed by atoms with E-state index in [-0.39, 0.29) is 23.0 Å². The zero-order valence-corrected chi connectivity index (χ0v) is 10.1. The number of phenols is 1. The van der Waals surface area contributed by atoms with Crippen LogP contribution in [0, 0.1) is 11.3 Å². The summed E-state index contributed by atoms with van der Waals surface area (Å²) >= 11 is 5.71. The third-order valence-electron chi connectivity index (χ3n) is 1.96. The fourth-order valence-corrected chi connectivity index (χ4v) is 1.32. The van der Waals surface area contributed by atoms with Crippen LogP contribution in [0.1, 0.15) is 5.56 Å². The molecule has 1 aromatic carbocycles. The van der Waals surface area contributed by atoms with Gasteiger partial charge in [0.05, 0.1) is 5.02 Å². The van der Waals surface area contributed by atoms with E-state index in [1.807, 2.05) is 0 Å². The Morgan fingerprint density at radius 2 is 2.33 bits per heavy atom. The van der Waals surface area contributed by atoms with Crippen LogP contribution < -0.4 is 0 Å². The van der Waals surface area contributed by atoms with E-state index < -0.39 is 5.97 Å². The van der Waals surface area contributed by atoms with Crippen molar-refractivity contribution in [1.29, 1.82) is 5.26 Å². The fourth-order valence-electron chi connectivity index (χ4n) is 1.13. The number of ether oxygens (including phenoxy) is 1. The van der Waals surface area contributed by atoms with Crippen molar-refractivity contribution in [2.24, 2.45) is 0 Å². The number of carbonyl (C=O) groups excluding carboxylic acids is 1. The van der Waals surface area contributed by atoms with E-state index in [1.54, 1.807) is 6.07 Å². The normalized spacial score (nSPS) is 10.6. The maximum absolute atomic E-state index is 11.4. The minimum atomic E-state index is -0.735. The summed E-state index contributed by atoms with van der Waals surface area (Å²) < 4.78 is 4.74. The zero-order valence-electron chi connectivity index (χ0n) is 9.39. The third kappa shape index (κ3) is 3.65. The van der Waals surface area contributed by atoms with Crippen LogP contribution in [-0.4, -0.2) is 17.7 Å². The van der Waals surface area contributed by atoms with Gasteiger partial charge in [-0.05, 0) is 23.8 Å². The molecule has 1 aromatic rings. The average molecular weight is 264 g/mol. The van der Waals surface area contributed by atoms with Gasteiger partial charge in [-0.2, -0.15) is 5.26 Å². The molecule has 0 amide bonds. The minimum absolute atomic E-state index is 0.0359. The second-order valence-electron chi connectivity index (χ2n) is 3.27. The molecule has 0 aliphatic carbocycles. The zero-order chi connectivity index (χ0) is 13.5. The number of phenolic OH excluding ortho intramolecular Hbond substituents is 1. The predicted molar refractivity (Wildman–Crippen MR) is 67.9 cm³/mol. The Labute approximate surface area is 109 Å². The summed E-state index contributed by atoms with van der Waals surface area (Å²) in [6.07, 6.45) is 2.74. The van der Waals surface area contributed by atoms with Crippen LogP contribution in [0.15, 0.2) is 36.4 Å². The van der Waals surface area contributed by atoms with Crippen LogP contribution in [0.2, 0.25) is 5.02 Å². The highest BCUT2D eigenvalue weighted by molar-refractivity contribution is 6.32. The molecular weight excluding hydrogens is 254 g/mol. The summed E-state index contributed by atoms with van der Waals surface area (Å²) in [4.78, 5) is 11.4. The molecule has 1 N–H and O–H groups in total. The SMILES string of the molecule is C=CCOC(=O)/C(C#N)=C\c1ccc(O)c(Cl)c1. The Bertz CT molecular complexity index is 544. The van der Waals surface area contributed by atoms with Crippen molar-refractivity contribution in [3.63, 3.8) is 0 Å². The van der Waals surface area contributed by atoms with E-state index in [2.05, 4.69) is 6.58 Å². The Balaban J connectivity index is 2.97. The number of carbonyl (C=O) groups is 1. The van der Waals surface area contributed by atoms with Gasteiger partial charge >= 0.3 is 5.97 Å². The molecule has 0 spiro atoms. The lowest BCUT2D eigenvalue weighted by Gasteiger charge is -2.01. The highest BCUT2D eigenvalue weighted by Gasteiger charge is 2.10. The maximum atomic E-state index is 11.4. The van der Waals surface area contributed by atoms with E-state index in [0.717, 1.165) is 0 Å². The molecule has 0 bridgehead atoms. The number of halogens is 1. The van der Waals surface area contributed by atoms with E-state index in [1.165, 1.54) is 30.4 Å². The number of esters is 1. The molecule has 0 fully saturated rings. The number of aromatic hydroxyl groups is 1. The summed E-state index contributed by atoms with van der Waals surface area (Å²) in [5.41, 5.74) is 0.364. The van der Waals surface area contributed by atoms with Gasteiger partial charge in [-0.15, -0.1) is 0 Å². The van der Waals surface area contributed by atoms with Gasteiger partial charge in [0.1, 0.15) is 24.0 Å². The first-order valence-electron chi connectivity index (χ1n) is 4.96. The monoisotopic (exact) mass is 263 g/mol. The fraction of sp³-hybridized carbons (Fsp3) is 0.0769. The van der Waals surface area contributed by atoms with Crippen LogP contribution in [0.5, 0.6) is 5.75 Å². The van der Waals surface area contributed by atoms with Gasteiger partial charge in [0.2, 0.25) is 0 Å². The lowest BCUT2D eigenvalue weighted by Crippen LogP contribution is -2.06. The van der Waals surface area contributed by atoms with Gasteiger partial charge < -0.3 is 9.84 Å². The molecule has 1 rings (SSSR count). The van der Waals surface area contributed by atoms with Crippen molar-refractivity contribution in [3.8, 4) is 11.8 Å². The van der Waals surface area contributed by atoms with Crippen LogP contribution >= 0.6 is 11.6 Å². The molecule has 0 saturated heterocycles. The van der Waals surface area contributed by atoms with Crippen molar-refractivity contribution < 1.29 is 14.6 Å². The number of rotatable bonds is 4. The van der Waals surface area contributed by atoms with Gasteiger partial charge in [0.25, 0.3) is 0 Å². The standard InChI is InChI=1S/C13H10ClNO3/c1-2-5-18-13(17)10(8-15)6-9-3-4-12(16)11(14)7-9/h2-4,6-7,16H,1,5H2/b10-6-. The molecule has 0 aliphatic heterocycles. The van der Waals surface area contributed by atoms with Crippen molar-refractivity contribution in [3.05, 3.63) is 47.0 Å². The number of nitriles is 1. The molecule has 4 nitrogen and oxygen atoms in total. The predicted octanol–water partition coefficient (Wildman–Crippen LogP) is 2.68. The van der Waals surface area contributed by atoms with Gasteiger partial charge in [0.15, 0.2) is 0 Å². The number of benzene rings is 1. The van der Waals surface area contributed by atoms with E-state index in [0.29, 0.717) is 5.56 Å². The van der Waals surface area contributed by atoms with Crippen molar-refractivity contribution >= 4 is 23.6 Å². The molecule has 0 radical (unpaired) electrons. The van der Waals surface area contributed by atoms with Gasteiger partial charge in [-0.3, -0.25) is 0 Å². The van der Waals surface area contributed by atoms with E-state index in [4.69, 9.17) is 21.6 Å². The first-order chi connectivity index (χ1) is 8.58. The maximum Gasteiger partial charge on any atom is 0.349 e. The summed E-state index contributed by atoms with van der Waals surface area (Å²) in [5, 5.41) is 18.2.